The van der Waals surface area contributed by atoms with E-state index in [2.05, 4.69) is 17.4 Å². The van der Waals surface area contributed by atoms with E-state index in [1.807, 2.05) is 30.3 Å². The van der Waals surface area contributed by atoms with Crippen molar-refractivity contribution in [1.82, 2.24) is 10.2 Å². The van der Waals surface area contributed by atoms with Gasteiger partial charge in [0.25, 0.3) is 5.91 Å². The number of benzene rings is 4. The Bertz CT molecular complexity index is 1340. The second kappa shape index (κ2) is 11.8. The summed E-state index contributed by atoms with van der Waals surface area (Å²) in [6.07, 6.45) is 2.00. The van der Waals surface area contributed by atoms with Crippen molar-refractivity contribution in [2.45, 2.75) is 25.3 Å². The summed E-state index contributed by atoms with van der Waals surface area (Å²) in [7, 11) is 1.64. The van der Waals surface area contributed by atoms with Crippen molar-refractivity contribution in [2.24, 2.45) is 0 Å². The van der Waals surface area contributed by atoms with Gasteiger partial charge in [0, 0.05) is 30.6 Å². The van der Waals surface area contributed by atoms with Gasteiger partial charge in [0.2, 0.25) is 5.91 Å². The number of halogens is 2. The number of carbonyl (C=O) groups excluding carboxylic acids is 2. The summed E-state index contributed by atoms with van der Waals surface area (Å²) < 4.78 is 13.5. The van der Waals surface area contributed by atoms with Crippen LogP contribution in [0.2, 0.25) is 5.02 Å². The summed E-state index contributed by atoms with van der Waals surface area (Å²) in [6, 6.07) is 26.2. The zero-order valence-corrected chi connectivity index (χ0v) is 20.8. The Morgan fingerprint density at radius 3 is 2.33 bits per heavy atom. The SMILES string of the molecule is CN(C(=O)c1ccc2cc(F)ccc2c1)C(Cc1ccc(Cl)cc1)C(=O)NCCCc1ccccc1. The van der Waals surface area contributed by atoms with Crippen molar-refractivity contribution < 1.29 is 14.0 Å². The van der Waals surface area contributed by atoms with Crippen LogP contribution in [-0.4, -0.2) is 36.3 Å². The van der Waals surface area contributed by atoms with E-state index in [0.717, 1.165) is 23.8 Å². The Balaban J connectivity index is 1.49. The first kappa shape index (κ1) is 25.4. The fourth-order valence-electron chi connectivity index (χ4n) is 4.21. The molecule has 4 nitrogen and oxygen atoms in total. The lowest BCUT2D eigenvalue weighted by atomic mass is 10.0. The molecule has 184 valence electrons. The first-order chi connectivity index (χ1) is 17.4. The number of amides is 2. The Hall–Kier alpha value is -3.70. The second-order valence-corrected chi connectivity index (χ2v) is 9.29. The van der Waals surface area contributed by atoms with E-state index in [1.165, 1.54) is 22.6 Å². The summed E-state index contributed by atoms with van der Waals surface area (Å²) in [6.45, 7) is 0.508. The van der Waals surface area contributed by atoms with Crippen LogP contribution in [0.3, 0.4) is 0 Å². The highest BCUT2D eigenvalue weighted by Gasteiger charge is 2.28. The molecule has 0 saturated heterocycles. The lowest BCUT2D eigenvalue weighted by Crippen LogP contribution is -2.49. The summed E-state index contributed by atoms with van der Waals surface area (Å²) in [5.41, 5.74) is 2.56. The standard InChI is InChI=1S/C30H28ClFN2O2/c1-34(30(36)25-12-11-24-20-27(32)16-13-23(24)19-25)28(18-22-9-14-26(31)15-10-22)29(35)33-17-5-8-21-6-3-2-4-7-21/h2-4,6-7,9-16,19-20,28H,5,8,17-18H2,1H3,(H,33,35). The van der Waals surface area contributed by atoms with Gasteiger partial charge in [-0.05, 0) is 71.1 Å². The average Bonchev–Trinajstić information content (AvgIpc) is 2.90. The molecule has 36 heavy (non-hydrogen) atoms. The molecule has 1 atom stereocenters. The van der Waals surface area contributed by atoms with E-state index in [-0.39, 0.29) is 17.6 Å². The van der Waals surface area contributed by atoms with Crippen LogP contribution in [-0.2, 0) is 17.6 Å². The minimum absolute atomic E-state index is 0.211. The highest BCUT2D eigenvalue weighted by molar-refractivity contribution is 6.30. The van der Waals surface area contributed by atoms with Crippen molar-refractivity contribution in [3.05, 3.63) is 119 Å². The number of rotatable bonds is 9. The van der Waals surface area contributed by atoms with Crippen LogP contribution in [0.25, 0.3) is 10.8 Å². The van der Waals surface area contributed by atoms with Crippen molar-refractivity contribution in [3.8, 4) is 0 Å². The molecule has 4 aromatic carbocycles. The molecular formula is C30H28ClFN2O2. The molecule has 0 aliphatic heterocycles. The molecule has 1 N–H and O–H groups in total. The molecule has 0 saturated carbocycles. The first-order valence-corrected chi connectivity index (χ1v) is 12.3. The minimum atomic E-state index is -0.709. The maximum Gasteiger partial charge on any atom is 0.254 e. The molecule has 0 bridgehead atoms. The van der Waals surface area contributed by atoms with Crippen LogP contribution >= 0.6 is 11.6 Å². The third kappa shape index (κ3) is 6.49. The Morgan fingerprint density at radius 2 is 1.58 bits per heavy atom. The monoisotopic (exact) mass is 502 g/mol. The number of fused-ring (bicyclic) bond motifs is 1. The van der Waals surface area contributed by atoms with E-state index < -0.39 is 6.04 Å². The van der Waals surface area contributed by atoms with Crippen LogP contribution in [0.1, 0.15) is 27.9 Å². The molecule has 1 unspecified atom stereocenters. The van der Waals surface area contributed by atoms with Crippen molar-refractivity contribution >= 4 is 34.2 Å². The molecule has 0 radical (unpaired) electrons. The molecule has 4 rings (SSSR count). The quantitative estimate of drug-likeness (QED) is 0.283. The molecule has 0 aliphatic carbocycles. The summed E-state index contributed by atoms with van der Waals surface area (Å²) >= 11 is 6.03. The maximum atomic E-state index is 13.5. The van der Waals surface area contributed by atoms with Crippen LogP contribution < -0.4 is 5.32 Å². The molecule has 2 amide bonds. The molecular weight excluding hydrogens is 475 g/mol. The van der Waals surface area contributed by atoms with Crippen LogP contribution in [0.5, 0.6) is 0 Å². The predicted octanol–water partition coefficient (Wildman–Crippen LogP) is 6.06. The smallest absolute Gasteiger partial charge is 0.254 e. The summed E-state index contributed by atoms with van der Waals surface area (Å²) in [4.78, 5) is 28.2. The number of aryl methyl sites for hydroxylation is 1. The zero-order valence-electron chi connectivity index (χ0n) is 20.1. The molecule has 0 aliphatic rings. The number of nitrogens with one attached hydrogen (secondary N) is 1. The third-order valence-corrected chi connectivity index (χ3v) is 6.52. The largest absolute Gasteiger partial charge is 0.354 e. The van der Waals surface area contributed by atoms with Gasteiger partial charge in [0.15, 0.2) is 0 Å². The van der Waals surface area contributed by atoms with Gasteiger partial charge in [-0.2, -0.15) is 0 Å². The Morgan fingerprint density at radius 1 is 0.889 bits per heavy atom. The number of hydrogen-bond donors (Lipinski definition) is 1. The number of carbonyl (C=O) groups is 2. The highest BCUT2D eigenvalue weighted by atomic mass is 35.5. The minimum Gasteiger partial charge on any atom is -0.354 e. The number of hydrogen-bond acceptors (Lipinski definition) is 2. The third-order valence-electron chi connectivity index (χ3n) is 6.27. The lowest BCUT2D eigenvalue weighted by Gasteiger charge is -2.28. The van der Waals surface area contributed by atoms with Gasteiger partial charge in [-0.25, -0.2) is 4.39 Å². The average molecular weight is 503 g/mol. The lowest BCUT2D eigenvalue weighted by molar-refractivity contribution is -0.125. The number of likely N-dealkylation sites (N-methyl/N-ethyl adjacent to an activating group) is 1. The molecule has 6 heteroatoms. The Labute approximate surface area is 215 Å². The first-order valence-electron chi connectivity index (χ1n) is 11.9. The molecule has 4 aromatic rings. The molecule has 0 heterocycles. The topological polar surface area (TPSA) is 49.4 Å². The second-order valence-electron chi connectivity index (χ2n) is 8.85. The molecule has 0 fully saturated rings. The van der Waals surface area contributed by atoms with Gasteiger partial charge in [0.1, 0.15) is 11.9 Å². The normalized spacial score (nSPS) is 11.8. The van der Waals surface area contributed by atoms with Crippen molar-refractivity contribution in [3.63, 3.8) is 0 Å². The van der Waals surface area contributed by atoms with Gasteiger partial charge in [0.05, 0.1) is 0 Å². The zero-order chi connectivity index (χ0) is 25.5. The summed E-state index contributed by atoms with van der Waals surface area (Å²) in [5.74, 6) is -0.818. The van der Waals surface area contributed by atoms with E-state index in [1.54, 1.807) is 43.4 Å². The molecule has 0 spiro atoms. The fraction of sp³-hybridized carbons (Fsp3) is 0.200. The Kier molecular flexibility index (Phi) is 8.34. The van der Waals surface area contributed by atoms with E-state index >= 15 is 0 Å². The van der Waals surface area contributed by atoms with Crippen LogP contribution in [0, 0.1) is 5.82 Å². The van der Waals surface area contributed by atoms with E-state index in [0.29, 0.717) is 28.9 Å². The fourth-order valence-corrected chi connectivity index (χ4v) is 4.34. The van der Waals surface area contributed by atoms with Gasteiger partial charge in [-0.1, -0.05) is 66.2 Å². The van der Waals surface area contributed by atoms with Gasteiger partial charge >= 0.3 is 0 Å². The van der Waals surface area contributed by atoms with E-state index in [9.17, 15) is 14.0 Å². The van der Waals surface area contributed by atoms with Crippen molar-refractivity contribution in [2.75, 3.05) is 13.6 Å². The summed E-state index contributed by atoms with van der Waals surface area (Å²) in [5, 5.41) is 5.09. The molecule has 0 aromatic heterocycles. The van der Waals surface area contributed by atoms with Crippen LogP contribution in [0.4, 0.5) is 4.39 Å². The van der Waals surface area contributed by atoms with Gasteiger partial charge in [-0.3, -0.25) is 9.59 Å². The maximum absolute atomic E-state index is 13.5. The van der Waals surface area contributed by atoms with Gasteiger partial charge < -0.3 is 10.2 Å². The highest BCUT2D eigenvalue weighted by Crippen LogP contribution is 2.20. The van der Waals surface area contributed by atoms with Crippen LogP contribution in [0.15, 0.2) is 91.0 Å². The predicted molar refractivity (Wildman–Crippen MR) is 143 cm³/mol. The van der Waals surface area contributed by atoms with Gasteiger partial charge in [-0.15, -0.1) is 0 Å². The number of nitrogens with zero attached hydrogens (tertiary/aromatic N) is 1. The van der Waals surface area contributed by atoms with Crippen molar-refractivity contribution in [1.29, 1.82) is 0 Å². The van der Waals surface area contributed by atoms with E-state index in [4.69, 9.17) is 11.6 Å².